The van der Waals surface area contributed by atoms with Crippen LogP contribution in [0.5, 0.6) is 0 Å². The molecule has 1 N–H and O–H groups in total. The van der Waals surface area contributed by atoms with E-state index in [-0.39, 0.29) is 24.9 Å². The SMILES string of the molecule is COCc1cc(C(=O)N(CC(=O)O)C(C)C)no1. The molecule has 0 radical (unpaired) electrons. The topological polar surface area (TPSA) is 92.9 Å². The van der Waals surface area contributed by atoms with Crippen LogP contribution in [0, 0.1) is 0 Å². The number of hydrogen-bond donors (Lipinski definition) is 1. The number of methoxy groups -OCH3 is 1. The maximum absolute atomic E-state index is 12.0. The van der Waals surface area contributed by atoms with Crippen molar-refractivity contribution in [1.82, 2.24) is 10.1 Å². The lowest BCUT2D eigenvalue weighted by atomic mass is 10.2. The molecule has 0 aromatic carbocycles. The summed E-state index contributed by atoms with van der Waals surface area (Å²) in [5, 5.41) is 12.4. The van der Waals surface area contributed by atoms with Crippen molar-refractivity contribution in [2.24, 2.45) is 0 Å². The molecular formula is C11H16N2O5. The molecule has 100 valence electrons. The Kier molecular flexibility index (Phi) is 4.85. The summed E-state index contributed by atoms with van der Waals surface area (Å²) in [6.45, 7) is 3.30. The van der Waals surface area contributed by atoms with Crippen LogP contribution in [-0.2, 0) is 16.1 Å². The van der Waals surface area contributed by atoms with Gasteiger partial charge < -0.3 is 19.3 Å². The minimum Gasteiger partial charge on any atom is -0.480 e. The first-order valence-corrected chi connectivity index (χ1v) is 5.43. The van der Waals surface area contributed by atoms with Crippen molar-refractivity contribution in [3.05, 3.63) is 17.5 Å². The van der Waals surface area contributed by atoms with Crippen molar-refractivity contribution in [2.75, 3.05) is 13.7 Å². The van der Waals surface area contributed by atoms with Crippen LogP contribution >= 0.6 is 0 Å². The van der Waals surface area contributed by atoms with Gasteiger partial charge in [-0.1, -0.05) is 5.16 Å². The summed E-state index contributed by atoms with van der Waals surface area (Å²) in [4.78, 5) is 23.9. The third-order valence-corrected chi connectivity index (χ3v) is 2.25. The number of carboxylic acid groups (broad SMARTS) is 1. The van der Waals surface area contributed by atoms with Crippen molar-refractivity contribution in [3.8, 4) is 0 Å². The number of nitrogens with zero attached hydrogens (tertiary/aromatic N) is 2. The van der Waals surface area contributed by atoms with E-state index in [1.54, 1.807) is 13.8 Å². The van der Waals surface area contributed by atoms with Crippen LogP contribution in [0.4, 0.5) is 0 Å². The quantitative estimate of drug-likeness (QED) is 0.807. The van der Waals surface area contributed by atoms with Crippen LogP contribution in [-0.4, -0.2) is 46.7 Å². The molecule has 0 aliphatic heterocycles. The van der Waals surface area contributed by atoms with E-state index < -0.39 is 11.9 Å². The Morgan fingerprint density at radius 2 is 2.22 bits per heavy atom. The van der Waals surface area contributed by atoms with E-state index in [0.717, 1.165) is 0 Å². The molecule has 0 saturated heterocycles. The van der Waals surface area contributed by atoms with Crippen molar-refractivity contribution < 1.29 is 24.0 Å². The third kappa shape index (κ3) is 3.56. The fourth-order valence-corrected chi connectivity index (χ4v) is 1.41. The second kappa shape index (κ2) is 6.15. The number of aromatic nitrogens is 1. The van der Waals surface area contributed by atoms with E-state index in [9.17, 15) is 9.59 Å². The van der Waals surface area contributed by atoms with Gasteiger partial charge in [0.05, 0.1) is 0 Å². The maximum atomic E-state index is 12.0. The summed E-state index contributed by atoms with van der Waals surface area (Å²) < 4.78 is 9.73. The highest BCUT2D eigenvalue weighted by atomic mass is 16.5. The molecule has 1 aromatic heterocycles. The molecule has 7 heteroatoms. The molecule has 0 bridgehead atoms. The number of amides is 1. The van der Waals surface area contributed by atoms with Crippen LogP contribution in [0.15, 0.2) is 10.6 Å². The average Bonchev–Trinajstić information content (AvgIpc) is 2.73. The molecule has 0 saturated carbocycles. The highest BCUT2D eigenvalue weighted by Gasteiger charge is 2.24. The smallest absolute Gasteiger partial charge is 0.323 e. The van der Waals surface area contributed by atoms with Crippen molar-refractivity contribution in [2.45, 2.75) is 26.5 Å². The van der Waals surface area contributed by atoms with E-state index >= 15 is 0 Å². The molecule has 1 rings (SSSR count). The van der Waals surface area contributed by atoms with Gasteiger partial charge in [-0.25, -0.2) is 0 Å². The first kappa shape index (κ1) is 14.2. The number of rotatable bonds is 6. The Balaban J connectivity index is 2.84. The van der Waals surface area contributed by atoms with Gasteiger partial charge in [-0.3, -0.25) is 9.59 Å². The summed E-state index contributed by atoms with van der Waals surface area (Å²) in [7, 11) is 1.49. The van der Waals surface area contributed by atoms with Gasteiger partial charge in [-0.05, 0) is 13.8 Å². The third-order valence-electron chi connectivity index (χ3n) is 2.25. The maximum Gasteiger partial charge on any atom is 0.323 e. The average molecular weight is 256 g/mol. The zero-order valence-corrected chi connectivity index (χ0v) is 10.5. The zero-order valence-electron chi connectivity index (χ0n) is 10.5. The Bertz CT molecular complexity index is 427. The second-order valence-electron chi connectivity index (χ2n) is 4.03. The number of carboxylic acids is 1. The molecule has 18 heavy (non-hydrogen) atoms. The predicted octanol–water partition coefficient (Wildman–Crippen LogP) is 0.756. The van der Waals surface area contributed by atoms with E-state index in [1.807, 2.05) is 0 Å². The number of aliphatic carboxylic acids is 1. The van der Waals surface area contributed by atoms with Crippen LogP contribution < -0.4 is 0 Å². The monoisotopic (exact) mass is 256 g/mol. The molecule has 1 amide bonds. The summed E-state index contributed by atoms with van der Waals surface area (Å²) in [6.07, 6.45) is 0. The zero-order chi connectivity index (χ0) is 13.7. The highest BCUT2D eigenvalue weighted by Crippen LogP contribution is 2.10. The van der Waals surface area contributed by atoms with E-state index in [0.29, 0.717) is 5.76 Å². The molecule has 0 aliphatic rings. The van der Waals surface area contributed by atoms with Gasteiger partial charge >= 0.3 is 5.97 Å². The van der Waals surface area contributed by atoms with E-state index in [1.165, 1.54) is 18.1 Å². The molecule has 0 fully saturated rings. The minimum absolute atomic E-state index is 0.0806. The van der Waals surface area contributed by atoms with E-state index in [2.05, 4.69) is 5.16 Å². The molecule has 1 heterocycles. The van der Waals surface area contributed by atoms with Crippen LogP contribution in [0.1, 0.15) is 30.1 Å². The molecule has 0 atom stereocenters. The minimum atomic E-state index is -1.07. The van der Waals surface area contributed by atoms with Gasteiger partial charge in [0, 0.05) is 19.2 Å². The van der Waals surface area contributed by atoms with Gasteiger partial charge in [0.1, 0.15) is 13.2 Å². The Labute approximate surface area is 104 Å². The van der Waals surface area contributed by atoms with Crippen LogP contribution in [0.3, 0.4) is 0 Å². The molecule has 0 aliphatic carbocycles. The Morgan fingerprint density at radius 1 is 1.56 bits per heavy atom. The highest BCUT2D eigenvalue weighted by molar-refractivity contribution is 5.94. The normalized spacial score (nSPS) is 10.7. The fourth-order valence-electron chi connectivity index (χ4n) is 1.41. The fraction of sp³-hybridized carbons (Fsp3) is 0.545. The van der Waals surface area contributed by atoms with Crippen LogP contribution in [0.25, 0.3) is 0 Å². The summed E-state index contributed by atoms with van der Waals surface area (Å²) in [5.74, 6) is -1.13. The number of carbonyl (C=O) groups is 2. The van der Waals surface area contributed by atoms with Gasteiger partial charge in [-0.15, -0.1) is 0 Å². The largest absolute Gasteiger partial charge is 0.480 e. The van der Waals surface area contributed by atoms with Gasteiger partial charge in [0.25, 0.3) is 5.91 Å². The van der Waals surface area contributed by atoms with Gasteiger partial charge in [0.2, 0.25) is 0 Å². The molecular weight excluding hydrogens is 240 g/mol. The molecule has 1 aromatic rings. The molecule has 0 unspecified atom stereocenters. The summed E-state index contributed by atoms with van der Waals surface area (Å²) in [6, 6.07) is 1.21. The first-order chi connectivity index (χ1) is 8.45. The molecule has 0 spiro atoms. The number of carbonyl (C=O) groups excluding carboxylic acids is 1. The summed E-state index contributed by atoms with van der Waals surface area (Å²) in [5.41, 5.74) is 0.0806. The number of hydrogen-bond acceptors (Lipinski definition) is 5. The Hall–Kier alpha value is -1.89. The van der Waals surface area contributed by atoms with Gasteiger partial charge in [-0.2, -0.15) is 0 Å². The second-order valence-corrected chi connectivity index (χ2v) is 4.03. The van der Waals surface area contributed by atoms with Crippen molar-refractivity contribution >= 4 is 11.9 Å². The molecule has 7 nitrogen and oxygen atoms in total. The van der Waals surface area contributed by atoms with Crippen LogP contribution in [0.2, 0.25) is 0 Å². The van der Waals surface area contributed by atoms with Gasteiger partial charge in [0.15, 0.2) is 11.5 Å². The van der Waals surface area contributed by atoms with E-state index in [4.69, 9.17) is 14.4 Å². The standard InChI is InChI=1S/C11H16N2O5/c1-7(2)13(5-10(14)15)11(16)9-4-8(6-17-3)18-12-9/h4,7H,5-6H2,1-3H3,(H,14,15). The lowest BCUT2D eigenvalue weighted by Crippen LogP contribution is -2.40. The van der Waals surface area contributed by atoms with Crippen molar-refractivity contribution in [1.29, 1.82) is 0 Å². The number of ether oxygens (including phenoxy) is 1. The van der Waals surface area contributed by atoms with Crippen molar-refractivity contribution in [3.63, 3.8) is 0 Å². The lowest BCUT2D eigenvalue weighted by Gasteiger charge is -2.23. The first-order valence-electron chi connectivity index (χ1n) is 5.43. The lowest BCUT2D eigenvalue weighted by molar-refractivity contribution is -0.138. The Morgan fingerprint density at radius 3 is 2.72 bits per heavy atom. The predicted molar refractivity (Wildman–Crippen MR) is 61.0 cm³/mol. The summed E-state index contributed by atoms with van der Waals surface area (Å²) >= 11 is 0.